The van der Waals surface area contributed by atoms with Crippen molar-refractivity contribution < 1.29 is 13.6 Å². The Morgan fingerprint density at radius 2 is 1.97 bits per heavy atom. The van der Waals surface area contributed by atoms with E-state index in [4.69, 9.17) is 4.42 Å². The molecule has 2 radical (unpaired) electrons. The van der Waals surface area contributed by atoms with Gasteiger partial charge in [-0.2, -0.15) is 0 Å². The first-order chi connectivity index (χ1) is 14.0. The van der Waals surface area contributed by atoms with Crippen molar-refractivity contribution in [1.29, 1.82) is 0 Å². The zero-order valence-electron chi connectivity index (χ0n) is 16.3. The van der Waals surface area contributed by atoms with Crippen molar-refractivity contribution in [2.75, 3.05) is 6.54 Å². The summed E-state index contributed by atoms with van der Waals surface area (Å²) < 4.78 is 19.6. The number of hydrogen-bond donors (Lipinski definition) is 1. The van der Waals surface area contributed by atoms with Crippen molar-refractivity contribution in [3.63, 3.8) is 0 Å². The van der Waals surface area contributed by atoms with Crippen molar-refractivity contribution in [3.05, 3.63) is 81.5 Å². The van der Waals surface area contributed by atoms with E-state index in [-0.39, 0.29) is 29.3 Å². The van der Waals surface area contributed by atoms with Gasteiger partial charge in [-0.25, -0.2) is 4.39 Å². The van der Waals surface area contributed by atoms with E-state index < -0.39 is 5.82 Å². The molecule has 0 bridgehead atoms. The fourth-order valence-corrected chi connectivity index (χ4v) is 3.56. The Bertz CT molecular complexity index is 1050. The molecule has 0 aliphatic heterocycles. The summed E-state index contributed by atoms with van der Waals surface area (Å²) in [6, 6.07) is 13.6. The number of rotatable bonds is 8. The molecule has 1 unspecified atom stereocenters. The molecule has 150 valence electrons. The maximum atomic E-state index is 13.7. The van der Waals surface area contributed by atoms with E-state index >= 15 is 0 Å². The molecule has 3 aromatic rings. The van der Waals surface area contributed by atoms with E-state index in [9.17, 15) is 14.0 Å². The van der Waals surface area contributed by atoms with Gasteiger partial charge in [-0.05, 0) is 6.07 Å². The normalized spacial score (nSPS) is 12.1. The third-order valence-corrected chi connectivity index (χ3v) is 5.49. The van der Waals surface area contributed by atoms with Gasteiger partial charge in [0.1, 0.15) is 0 Å². The summed E-state index contributed by atoms with van der Waals surface area (Å²) in [5.74, 6) is -0.485. The van der Waals surface area contributed by atoms with E-state index in [1.807, 2.05) is 30.3 Å². The van der Waals surface area contributed by atoms with Crippen molar-refractivity contribution in [1.82, 2.24) is 5.32 Å². The van der Waals surface area contributed by atoms with Gasteiger partial charge in [0, 0.05) is 0 Å². The van der Waals surface area contributed by atoms with Gasteiger partial charge in [0.2, 0.25) is 0 Å². The predicted octanol–water partition coefficient (Wildman–Crippen LogP) is 3.79. The second-order valence-electron chi connectivity index (χ2n) is 7.11. The van der Waals surface area contributed by atoms with Crippen LogP contribution in [0.1, 0.15) is 30.2 Å². The van der Waals surface area contributed by atoms with Gasteiger partial charge in [-0.15, -0.1) is 0 Å². The van der Waals surface area contributed by atoms with Crippen LogP contribution in [-0.4, -0.2) is 29.3 Å². The maximum absolute atomic E-state index is 13.7. The van der Waals surface area contributed by atoms with E-state index in [0.717, 1.165) is 17.2 Å². The standard InChI is InChI=1S/C23H23AsFNO3/c1-15(23(28)26-11-5-10-24)12-20-19(13-16-6-3-2-4-7-16)22(27)18-9-8-17(25)14-21(18)29-20/h2-4,6-9,14-15H,5,10-13H2,1H3,(H,26,28). The number of amides is 1. The molecule has 0 aliphatic rings. The second-order valence-corrected chi connectivity index (χ2v) is 8.05. The van der Waals surface area contributed by atoms with Crippen LogP contribution in [0.5, 0.6) is 0 Å². The van der Waals surface area contributed by atoms with Crippen LogP contribution in [0.3, 0.4) is 0 Å². The van der Waals surface area contributed by atoms with Gasteiger partial charge in [-0.3, -0.25) is 0 Å². The summed E-state index contributed by atoms with van der Waals surface area (Å²) in [7, 11) is 0. The zero-order chi connectivity index (χ0) is 20.8. The Balaban J connectivity index is 1.97. The average molecular weight is 455 g/mol. The van der Waals surface area contributed by atoms with E-state index in [1.54, 1.807) is 6.92 Å². The molecule has 29 heavy (non-hydrogen) atoms. The van der Waals surface area contributed by atoms with Crippen LogP contribution in [-0.2, 0) is 17.6 Å². The first-order valence-electron chi connectivity index (χ1n) is 9.66. The van der Waals surface area contributed by atoms with Crippen molar-refractivity contribution >= 4 is 33.7 Å². The SMILES string of the molecule is CC(Cc1oc2cc(F)ccc2c(=O)c1Cc1ccccc1)C(=O)NCCC[As]. The van der Waals surface area contributed by atoms with Crippen molar-refractivity contribution in [3.8, 4) is 0 Å². The van der Waals surface area contributed by atoms with Gasteiger partial charge in [0.25, 0.3) is 0 Å². The quantitative estimate of drug-likeness (QED) is 0.415. The number of benzene rings is 2. The molecule has 0 fully saturated rings. The van der Waals surface area contributed by atoms with Crippen LogP contribution in [0, 0.1) is 11.7 Å². The van der Waals surface area contributed by atoms with Gasteiger partial charge in [0.15, 0.2) is 0 Å². The molecular formula is C23H23AsFNO3. The van der Waals surface area contributed by atoms with Gasteiger partial charge < -0.3 is 0 Å². The first kappa shape index (κ1) is 21.3. The fourth-order valence-electron chi connectivity index (χ4n) is 3.23. The number of hydrogen-bond acceptors (Lipinski definition) is 3. The molecule has 1 aromatic heterocycles. The zero-order valence-corrected chi connectivity index (χ0v) is 18.2. The van der Waals surface area contributed by atoms with E-state index in [1.165, 1.54) is 18.2 Å². The number of halogens is 1. The Hall–Kier alpha value is -2.39. The Morgan fingerprint density at radius 3 is 2.69 bits per heavy atom. The molecule has 4 nitrogen and oxygen atoms in total. The molecular weight excluding hydrogens is 432 g/mol. The molecule has 1 atom stereocenters. The Morgan fingerprint density at radius 1 is 1.21 bits per heavy atom. The second kappa shape index (κ2) is 9.88. The molecule has 0 saturated heterocycles. The van der Waals surface area contributed by atoms with E-state index in [0.29, 0.717) is 29.7 Å². The number of carbonyl (C=O) groups is 1. The summed E-state index contributed by atoms with van der Waals surface area (Å²) in [6.07, 6.45) is 1.56. The molecule has 1 N–H and O–H groups in total. The molecule has 1 heterocycles. The molecule has 0 aliphatic carbocycles. The van der Waals surface area contributed by atoms with Gasteiger partial charge in [-0.1, -0.05) is 18.2 Å². The van der Waals surface area contributed by atoms with Gasteiger partial charge >= 0.3 is 149 Å². The minimum absolute atomic E-state index is 0.0846. The fraction of sp³-hybridized carbons (Fsp3) is 0.304. The molecule has 3 rings (SSSR count). The number of carbonyl (C=O) groups excluding carboxylic acids is 1. The Labute approximate surface area is 178 Å². The molecule has 0 saturated carbocycles. The van der Waals surface area contributed by atoms with Crippen molar-refractivity contribution in [2.24, 2.45) is 5.92 Å². The summed E-state index contributed by atoms with van der Waals surface area (Å²) in [5.41, 5.74) is 1.51. The van der Waals surface area contributed by atoms with Crippen molar-refractivity contribution in [2.45, 2.75) is 31.4 Å². The van der Waals surface area contributed by atoms with Crippen LogP contribution in [0.4, 0.5) is 4.39 Å². The van der Waals surface area contributed by atoms with Gasteiger partial charge in [0.05, 0.1) is 0 Å². The molecule has 0 spiro atoms. The summed E-state index contributed by atoms with van der Waals surface area (Å²) in [4.78, 5) is 25.5. The van der Waals surface area contributed by atoms with Crippen LogP contribution in [0.25, 0.3) is 11.0 Å². The predicted molar refractivity (Wildman–Crippen MR) is 113 cm³/mol. The average Bonchev–Trinajstić information content (AvgIpc) is 2.71. The third kappa shape index (κ3) is 5.36. The first-order valence-corrected chi connectivity index (χ1v) is 11.0. The number of nitrogens with one attached hydrogen (secondary N) is 1. The molecule has 1 amide bonds. The van der Waals surface area contributed by atoms with Crippen LogP contribution >= 0.6 is 0 Å². The summed E-state index contributed by atoms with van der Waals surface area (Å²) in [6.45, 7) is 2.42. The van der Waals surface area contributed by atoms with Crippen LogP contribution in [0.15, 0.2) is 57.7 Å². The van der Waals surface area contributed by atoms with Crippen LogP contribution < -0.4 is 10.7 Å². The summed E-state index contributed by atoms with van der Waals surface area (Å²) in [5, 5.41) is 4.19. The summed E-state index contributed by atoms with van der Waals surface area (Å²) >= 11 is 2.49. The monoisotopic (exact) mass is 455 g/mol. The van der Waals surface area contributed by atoms with E-state index in [2.05, 4.69) is 22.2 Å². The minimum atomic E-state index is -0.467. The van der Waals surface area contributed by atoms with Crippen LogP contribution in [0.2, 0.25) is 5.21 Å². The molecule has 2 aromatic carbocycles. The Kier molecular flexibility index (Phi) is 7.27. The topological polar surface area (TPSA) is 59.3 Å². The number of fused-ring (bicyclic) bond motifs is 1. The molecule has 6 heteroatoms. The third-order valence-electron chi connectivity index (χ3n) is 4.83.